The molecular formula is C21H18N4S2. The van der Waals surface area contributed by atoms with E-state index in [-0.39, 0.29) is 0 Å². The van der Waals surface area contributed by atoms with Crippen LogP contribution in [0.5, 0.6) is 0 Å². The van der Waals surface area contributed by atoms with Gasteiger partial charge in [-0.2, -0.15) is 5.10 Å². The van der Waals surface area contributed by atoms with Gasteiger partial charge in [0.1, 0.15) is 0 Å². The molecule has 0 fully saturated rings. The zero-order valence-corrected chi connectivity index (χ0v) is 16.1. The van der Waals surface area contributed by atoms with Crippen LogP contribution in [0.4, 0.5) is 17.1 Å². The van der Waals surface area contributed by atoms with Gasteiger partial charge in [-0.25, -0.2) is 0 Å². The molecule has 0 amide bonds. The summed E-state index contributed by atoms with van der Waals surface area (Å²) >= 11 is 7.08. The molecule has 4 nitrogen and oxygen atoms in total. The van der Waals surface area contributed by atoms with Crippen molar-refractivity contribution in [3.63, 3.8) is 0 Å². The van der Waals surface area contributed by atoms with Gasteiger partial charge in [0.05, 0.1) is 17.9 Å². The third-order valence-electron chi connectivity index (χ3n) is 4.09. The highest BCUT2D eigenvalue weighted by Crippen LogP contribution is 2.47. The predicted molar refractivity (Wildman–Crippen MR) is 118 cm³/mol. The number of hydrogen-bond donors (Lipinski definition) is 2. The molecule has 1 aliphatic heterocycles. The quantitative estimate of drug-likeness (QED) is 0.361. The SMILES string of the molecule is S=C(N/N=C/CN1c2ccccc2Sc2ccccc21)Nc1ccccc1. The number of nitrogens with one attached hydrogen (secondary N) is 2. The molecule has 0 unspecified atom stereocenters. The molecule has 27 heavy (non-hydrogen) atoms. The van der Waals surface area contributed by atoms with Crippen molar-refractivity contribution in [3.8, 4) is 0 Å². The molecule has 0 saturated carbocycles. The highest BCUT2D eigenvalue weighted by Gasteiger charge is 2.21. The molecule has 0 aromatic heterocycles. The second kappa shape index (κ2) is 8.24. The Hall–Kier alpha value is -2.83. The molecule has 0 saturated heterocycles. The topological polar surface area (TPSA) is 39.7 Å². The lowest BCUT2D eigenvalue weighted by molar-refractivity contribution is 1.02. The molecule has 0 spiro atoms. The summed E-state index contributed by atoms with van der Waals surface area (Å²) in [7, 11) is 0. The van der Waals surface area contributed by atoms with Crippen molar-refractivity contribution in [2.24, 2.45) is 5.10 Å². The first kappa shape index (κ1) is 17.6. The van der Waals surface area contributed by atoms with E-state index in [1.54, 1.807) is 11.8 Å². The largest absolute Gasteiger partial charge is 0.334 e. The summed E-state index contributed by atoms with van der Waals surface area (Å²) < 4.78 is 0. The molecule has 0 atom stereocenters. The fourth-order valence-corrected chi connectivity index (χ4v) is 4.15. The van der Waals surface area contributed by atoms with Crippen molar-refractivity contribution in [1.29, 1.82) is 0 Å². The van der Waals surface area contributed by atoms with E-state index in [9.17, 15) is 0 Å². The standard InChI is InChI=1S/C21H18N4S2/c26-21(23-16-8-2-1-3-9-16)24-22-14-15-25-17-10-4-6-12-19(17)27-20-13-7-5-11-18(20)25/h1-14H,15H2,(H2,23,24,26)/b22-14+. The van der Waals surface area contributed by atoms with Crippen LogP contribution in [-0.2, 0) is 0 Å². The Balaban J connectivity index is 1.44. The normalized spacial score (nSPS) is 12.4. The van der Waals surface area contributed by atoms with Crippen LogP contribution >= 0.6 is 24.0 Å². The predicted octanol–water partition coefficient (Wildman–Crippen LogP) is 5.26. The van der Waals surface area contributed by atoms with Gasteiger partial charge in [-0.05, 0) is 48.6 Å². The maximum Gasteiger partial charge on any atom is 0.191 e. The summed E-state index contributed by atoms with van der Waals surface area (Å²) in [5, 5.41) is 7.85. The second-order valence-corrected chi connectivity index (χ2v) is 7.38. The minimum atomic E-state index is 0.465. The molecule has 3 aromatic rings. The van der Waals surface area contributed by atoms with E-state index < -0.39 is 0 Å². The second-order valence-electron chi connectivity index (χ2n) is 5.89. The Morgan fingerprint density at radius 3 is 2.15 bits per heavy atom. The van der Waals surface area contributed by atoms with Crippen LogP contribution in [-0.4, -0.2) is 17.9 Å². The van der Waals surface area contributed by atoms with Crippen LogP contribution in [0.25, 0.3) is 0 Å². The summed E-state index contributed by atoms with van der Waals surface area (Å²) in [5.41, 5.74) is 6.19. The van der Waals surface area contributed by atoms with E-state index >= 15 is 0 Å². The van der Waals surface area contributed by atoms with Crippen molar-refractivity contribution in [2.45, 2.75) is 9.79 Å². The Morgan fingerprint density at radius 2 is 1.48 bits per heavy atom. The van der Waals surface area contributed by atoms with Crippen molar-refractivity contribution < 1.29 is 0 Å². The zero-order chi connectivity index (χ0) is 18.5. The number of rotatable bonds is 4. The molecule has 0 aliphatic carbocycles. The Labute approximate surface area is 168 Å². The number of fused-ring (bicyclic) bond motifs is 2. The molecule has 134 valence electrons. The fourth-order valence-electron chi connectivity index (χ4n) is 2.89. The van der Waals surface area contributed by atoms with Gasteiger partial charge in [0.25, 0.3) is 0 Å². The summed E-state index contributed by atoms with van der Waals surface area (Å²) in [6.07, 6.45) is 1.84. The third kappa shape index (κ3) is 4.13. The van der Waals surface area contributed by atoms with E-state index in [4.69, 9.17) is 12.2 Å². The van der Waals surface area contributed by atoms with E-state index in [1.807, 2.05) is 36.5 Å². The highest BCUT2D eigenvalue weighted by atomic mass is 32.2. The maximum atomic E-state index is 5.28. The fraction of sp³-hybridized carbons (Fsp3) is 0.0476. The number of hydrogen-bond acceptors (Lipinski definition) is 4. The van der Waals surface area contributed by atoms with Gasteiger partial charge in [-0.1, -0.05) is 54.2 Å². The average molecular weight is 391 g/mol. The molecule has 0 bridgehead atoms. The number of thiocarbonyl (C=S) groups is 1. The molecule has 4 rings (SSSR count). The highest BCUT2D eigenvalue weighted by molar-refractivity contribution is 7.99. The first-order chi connectivity index (χ1) is 13.3. The number of nitrogens with zero attached hydrogens (tertiary/aromatic N) is 2. The lowest BCUT2D eigenvalue weighted by Gasteiger charge is -2.31. The van der Waals surface area contributed by atoms with Crippen LogP contribution in [0.1, 0.15) is 0 Å². The first-order valence-corrected chi connectivity index (χ1v) is 9.81. The molecule has 1 heterocycles. The van der Waals surface area contributed by atoms with Gasteiger partial charge >= 0.3 is 0 Å². The van der Waals surface area contributed by atoms with Crippen LogP contribution in [0.15, 0.2) is 93.8 Å². The first-order valence-electron chi connectivity index (χ1n) is 8.58. The Morgan fingerprint density at radius 1 is 0.889 bits per heavy atom. The van der Waals surface area contributed by atoms with E-state index in [0.717, 1.165) is 5.69 Å². The molecule has 6 heteroatoms. The van der Waals surface area contributed by atoms with Crippen LogP contribution in [0, 0.1) is 0 Å². The van der Waals surface area contributed by atoms with Crippen molar-refractivity contribution >= 4 is 52.4 Å². The minimum Gasteiger partial charge on any atom is -0.334 e. The number of para-hydroxylation sites is 3. The van der Waals surface area contributed by atoms with Crippen LogP contribution in [0.3, 0.4) is 0 Å². The van der Waals surface area contributed by atoms with Crippen LogP contribution < -0.4 is 15.6 Å². The molecule has 2 N–H and O–H groups in total. The van der Waals surface area contributed by atoms with Gasteiger partial charge in [-0.15, -0.1) is 0 Å². The van der Waals surface area contributed by atoms with Gasteiger partial charge in [-0.3, -0.25) is 5.43 Å². The number of anilines is 3. The van der Waals surface area contributed by atoms with Crippen molar-refractivity contribution in [2.75, 3.05) is 16.8 Å². The van der Waals surface area contributed by atoms with Crippen LogP contribution in [0.2, 0.25) is 0 Å². The maximum absolute atomic E-state index is 5.28. The third-order valence-corrected chi connectivity index (χ3v) is 5.41. The Kier molecular flexibility index (Phi) is 5.37. The summed E-state index contributed by atoms with van der Waals surface area (Å²) in [6.45, 7) is 0.648. The summed E-state index contributed by atoms with van der Waals surface area (Å²) in [4.78, 5) is 4.76. The Bertz CT molecular complexity index is 927. The monoisotopic (exact) mass is 390 g/mol. The summed E-state index contributed by atoms with van der Waals surface area (Å²) in [5.74, 6) is 0. The van der Waals surface area contributed by atoms with Gasteiger partial charge in [0, 0.05) is 21.7 Å². The van der Waals surface area contributed by atoms with E-state index in [0.29, 0.717) is 11.7 Å². The molecular weight excluding hydrogens is 372 g/mol. The zero-order valence-electron chi connectivity index (χ0n) is 14.5. The van der Waals surface area contributed by atoms with Crippen molar-refractivity contribution in [1.82, 2.24) is 5.43 Å². The van der Waals surface area contributed by atoms with E-state index in [1.165, 1.54) is 21.2 Å². The molecule has 3 aromatic carbocycles. The lowest BCUT2D eigenvalue weighted by atomic mass is 10.2. The number of benzene rings is 3. The average Bonchev–Trinajstić information content (AvgIpc) is 2.71. The van der Waals surface area contributed by atoms with Gasteiger partial charge in [0.15, 0.2) is 5.11 Å². The van der Waals surface area contributed by atoms with Gasteiger partial charge in [0.2, 0.25) is 0 Å². The summed E-state index contributed by atoms with van der Waals surface area (Å²) in [6, 6.07) is 26.6. The smallest absolute Gasteiger partial charge is 0.191 e. The molecule has 1 aliphatic rings. The lowest BCUT2D eigenvalue weighted by Crippen LogP contribution is -2.26. The van der Waals surface area contributed by atoms with E-state index in [2.05, 4.69) is 69.3 Å². The van der Waals surface area contributed by atoms with Gasteiger partial charge < -0.3 is 10.2 Å². The minimum absolute atomic E-state index is 0.465. The molecule has 0 radical (unpaired) electrons. The number of hydrazone groups is 1. The van der Waals surface area contributed by atoms with Crippen molar-refractivity contribution in [3.05, 3.63) is 78.9 Å².